The zero-order valence-electron chi connectivity index (χ0n) is 7.14. The van der Waals surface area contributed by atoms with Crippen LogP contribution in [0.25, 0.3) is 11.1 Å². The summed E-state index contributed by atoms with van der Waals surface area (Å²) in [7, 11) is 0. The quantitative estimate of drug-likeness (QED) is 0.743. The van der Waals surface area contributed by atoms with Crippen LogP contribution in [-0.2, 0) is 0 Å². The Morgan fingerprint density at radius 1 is 1.43 bits per heavy atom. The fraction of sp³-hybridized carbons (Fsp3) is 0. The lowest BCUT2D eigenvalue weighted by molar-refractivity contribution is 0.0697. The standard InChI is InChI=1S/C9H7N3O2/c13-9(14)7-1-2-10-5-8(7)6-3-11-12-4-6/h1-5H,(H,11,12)(H,13,14). The van der Waals surface area contributed by atoms with Gasteiger partial charge in [0.15, 0.2) is 0 Å². The Morgan fingerprint density at radius 2 is 2.29 bits per heavy atom. The number of nitrogens with zero attached hydrogens (tertiary/aromatic N) is 2. The molecular formula is C9H7N3O2. The lowest BCUT2D eigenvalue weighted by Gasteiger charge is -2.00. The van der Waals surface area contributed by atoms with Crippen LogP contribution in [-0.4, -0.2) is 26.3 Å². The molecule has 0 aliphatic rings. The molecule has 2 N–H and O–H groups in total. The number of aromatic amines is 1. The Kier molecular flexibility index (Phi) is 1.98. The van der Waals surface area contributed by atoms with Crippen LogP contribution in [0, 0.1) is 0 Å². The number of carbonyl (C=O) groups is 1. The Hall–Kier alpha value is -2.17. The molecule has 2 aromatic rings. The van der Waals surface area contributed by atoms with E-state index < -0.39 is 5.97 Å². The van der Waals surface area contributed by atoms with Crippen molar-refractivity contribution in [1.29, 1.82) is 0 Å². The monoisotopic (exact) mass is 189 g/mol. The van der Waals surface area contributed by atoms with E-state index in [1.54, 1.807) is 12.4 Å². The SMILES string of the molecule is O=C(O)c1ccncc1-c1cn[nH]c1. The highest BCUT2D eigenvalue weighted by Gasteiger charge is 2.11. The van der Waals surface area contributed by atoms with Crippen LogP contribution in [0.15, 0.2) is 30.9 Å². The van der Waals surface area contributed by atoms with Crippen molar-refractivity contribution in [1.82, 2.24) is 15.2 Å². The van der Waals surface area contributed by atoms with Crippen LogP contribution in [0.1, 0.15) is 10.4 Å². The van der Waals surface area contributed by atoms with Crippen molar-refractivity contribution in [2.24, 2.45) is 0 Å². The van der Waals surface area contributed by atoms with Gasteiger partial charge in [-0.3, -0.25) is 10.1 Å². The van der Waals surface area contributed by atoms with Gasteiger partial charge in [0.2, 0.25) is 0 Å². The van der Waals surface area contributed by atoms with E-state index in [1.165, 1.54) is 18.5 Å². The van der Waals surface area contributed by atoms with Gasteiger partial charge in [-0.1, -0.05) is 0 Å². The molecule has 2 heterocycles. The van der Waals surface area contributed by atoms with Crippen LogP contribution in [0.4, 0.5) is 0 Å². The Bertz CT molecular complexity index is 451. The van der Waals surface area contributed by atoms with Gasteiger partial charge in [0, 0.05) is 29.7 Å². The van der Waals surface area contributed by atoms with Gasteiger partial charge in [0.1, 0.15) is 0 Å². The van der Waals surface area contributed by atoms with E-state index in [2.05, 4.69) is 15.2 Å². The molecule has 0 unspecified atom stereocenters. The maximum Gasteiger partial charge on any atom is 0.336 e. The first-order chi connectivity index (χ1) is 6.79. The molecule has 0 aromatic carbocycles. The van der Waals surface area contributed by atoms with Crippen molar-refractivity contribution in [3.05, 3.63) is 36.4 Å². The van der Waals surface area contributed by atoms with E-state index in [4.69, 9.17) is 5.11 Å². The zero-order valence-corrected chi connectivity index (χ0v) is 7.14. The molecule has 2 aromatic heterocycles. The van der Waals surface area contributed by atoms with Crippen molar-refractivity contribution < 1.29 is 9.90 Å². The molecule has 0 amide bonds. The summed E-state index contributed by atoms with van der Waals surface area (Å²) in [6.07, 6.45) is 6.15. The number of carboxylic acid groups (broad SMARTS) is 1. The lowest BCUT2D eigenvalue weighted by atomic mass is 10.1. The molecule has 70 valence electrons. The van der Waals surface area contributed by atoms with E-state index in [0.29, 0.717) is 5.56 Å². The van der Waals surface area contributed by atoms with Crippen molar-refractivity contribution in [2.45, 2.75) is 0 Å². The van der Waals surface area contributed by atoms with Crippen LogP contribution < -0.4 is 0 Å². The topological polar surface area (TPSA) is 78.9 Å². The maximum absolute atomic E-state index is 10.9. The molecule has 5 heteroatoms. The summed E-state index contributed by atoms with van der Waals surface area (Å²) >= 11 is 0. The predicted octanol–water partition coefficient (Wildman–Crippen LogP) is 1.17. The van der Waals surface area contributed by atoms with Crippen LogP contribution in [0.3, 0.4) is 0 Å². The molecule has 0 saturated carbocycles. The summed E-state index contributed by atoms with van der Waals surface area (Å²) in [6.45, 7) is 0. The van der Waals surface area contributed by atoms with Gasteiger partial charge >= 0.3 is 5.97 Å². The van der Waals surface area contributed by atoms with E-state index in [0.717, 1.165) is 5.56 Å². The molecule has 0 spiro atoms. The molecule has 0 saturated heterocycles. The molecule has 14 heavy (non-hydrogen) atoms. The number of rotatable bonds is 2. The molecule has 0 fully saturated rings. The average molecular weight is 189 g/mol. The molecule has 0 aliphatic heterocycles. The van der Waals surface area contributed by atoms with E-state index in [-0.39, 0.29) is 5.56 Å². The summed E-state index contributed by atoms with van der Waals surface area (Å²) < 4.78 is 0. The second-order valence-corrected chi connectivity index (χ2v) is 2.71. The molecule has 0 atom stereocenters. The van der Waals surface area contributed by atoms with E-state index >= 15 is 0 Å². The van der Waals surface area contributed by atoms with Gasteiger partial charge in [-0.05, 0) is 6.07 Å². The third-order valence-electron chi connectivity index (χ3n) is 1.86. The highest BCUT2D eigenvalue weighted by atomic mass is 16.4. The number of nitrogens with one attached hydrogen (secondary N) is 1. The number of hydrogen-bond acceptors (Lipinski definition) is 3. The van der Waals surface area contributed by atoms with Gasteiger partial charge in [-0.25, -0.2) is 4.79 Å². The Labute approximate surface area is 79.4 Å². The lowest BCUT2D eigenvalue weighted by Crippen LogP contribution is -1.99. The Balaban J connectivity index is 2.58. The first kappa shape index (κ1) is 8.43. The number of aromatic carboxylic acids is 1. The van der Waals surface area contributed by atoms with E-state index in [1.807, 2.05) is 0 Å². The molecular weight excluding hydrogens is 182 g/mol. The van der Waals surface area contributed by atoms with Gasteiger partial charge in [0.25, 0.3) is 0 Å². The number of aromatic nitrogens is 3. The van der Waals surface area contributed by atoms with Crippen LogP contribution in [0.2, 0.25) is 0 Å². The van der Waals surface area contributed by atoms with Gasteiger partial charge in [-0.2, -0.15) is 5.10 Å². The van der Waals surface area contributed by atoms with Crippen molar-refractivity contribution in [2.75, 3.05) is 0 Å². The third kappa shape index (κ3) is 1.35. The number of hydrogen-bond donors (Lipinski definition) is 2. The zero-order chi connectivity index (χ0) is 9.97. The maximum atomic E-state index is 10.9. The fourth-order valence-electron chi connectivity index (χ4n) is 1.21. The highest BCUT2D eigenvalue weighted by molar-refractivity contribution is 5.95. The summed E-state index contributed by atoms with van der Waals surface area (Å²) in [6, 6.07) is 1.46. The molecule has 2 rings (SSSR count). The molecule has 0 bridgehead atoms. The van der Waals surface area contributed by atoms with Crippen molar-refractivity contribution in [3.8, 4) is 11.1 Å². The highest BCUT2D eigenvalue weighted by Crippen LogP contribution is 2.20. The minimum Gasteiger partial charge on any atom is -0.478 e. The number of pyridine rings is 1. The second kappa shape index (κ2) is 3.29. The predicted molar refractivity (Wildman–Crippen MR) is 48.8 cm³/mol. The summed E-state index contributed by atoms with van der Waals surface area (Å²) in [5.74, 6) is -0.969. The van der Waals surface area contributed by atoms with Crippen LogP contribution in [0.5, 0.6) is 0 Å². The largest absolute Gasteiger partial charge is 0.478 e. The smallest absolute Gasteiger partial charge is 0.336 e. The number of H-pyrrole nitrogens is 1. The molecule has 5 nitrogen and oxygen atoms in total. The van der Waals surface area contributed by atoms with Gasteiger partial charge in [0.05, 0.1) is 11.8 Å². The normalized spacial score (nSPS) is 10.0. The van der Waals surface area contributed by atoms with Crippen LogP contribution >= 0.6 is 0 Å². The molecule has 0 radical (unpaired) electrons. The fourth-order valence-corrected chi connectivity index (χ4v) is 1.21. The summed E-state index contributed by atoms with van der Waals surface area (Å²) in [5.41, 5.74) is 1.51. The summed E-state index contributed by atoms with van der Waals surface area (Å²) in [4.78, 5) is 14.7. The van der Waals surface area contributed by atoms with Gasteiger partial charge in [-0.15, -0.1) is 0 Å². The molecule has 0 aliphatic carbocycles. The Morgan fingerprint density at radius 3 is 2.93 bits per heavy atom. The average Bonchev–Trinajstić information content (AvgIpc) is 2.70. The van der Waals surface area contributed by atoms with Gasteiger partial charge < -0.3 is 5.11 Å². The van der Waals surface area contributed by atoms with Crippen molar-refractivity contribution in [3.63, 3.8) is 0 Å². The van der Waals surface area contributed by atoms with E-state index in [9.17, 15) is 4.79 Å². The second-order valence-electron chi connectivity index (χ2n) is 2.71. The van der Waals surface area contributed by atoms with Crippen molar-refractivity contribution >= 4 is 5.97 Å². The first-order valence-corrected chi connectivity index (χ1v) is 3.95. The summed E-state index contributed by atoms with van der Waals surface area (Å²) in [5, 5.41) is 15.3. The first-order valence-electron chi connectivity index (χ1n) is 3.95. The minimum atomic E-state index is -0.969. The third-order valence-corrected chi connectivity index (χ3v) is 1.86. The number of carboxylic acids is 1. The minimum absolute atomic E-state index is 0.224.